The summed E-state index contributed by atoms with van der Waals surface area (Å²) in [5.74, 6) is 0.289. The van der Waals surface area contributed by atoms with Gasteiger partial charge in [0.25, 0.3) is 0 Å². The fraction of sp³-hybridized carbons (Fsp3) is 0.222. The number of hydrogen-bond donors (Lipinski definition) is 1. The molecule has 1 heterocycles. The van der Waals surface area contributed by atoms with E-state index in [2.05, 4.69) is 14.5 Å². The highest BCUT2D eigenvalue weighted by molar-refractivity contribution is 5.80. The van der Waals surface area contributed by atoms with Crippen molar-refractivity contribution in [2.45, 2.75) is 13.2 Å². The monoisotopic (exact) mass is 214 g/mol. The van der Waals surface area contributed by atoms with E-state index in [9.17, 15) is 8.78 Å². The predicted octanol–water partition coefficient (Wildman–Crippen LogP) is 2.02. The van der Waals surface area contributed by atoms with Gasteiger partial charge < -0.3 is 15.2 Å². The van der Waals surface area contributed by atoms with Crippen molar-refractivity contribution >= 4 is 11.5 Å². The number of benzene rings is 1. The zero-order chi connectivity index (χ0) is 11.1. The molecule has 0 unspecified atom stereocenters. The number of rotatable bonds is 1. The first-order valence-corrected chi connectivity index (χ1v) is 4.17. The third-order valence-electron chi connectivity index (χ3n) is 1.69. The molecular formula is C9H8F2N2O2. The zero-order valence-corrected chi connectivity index (χ0v) is 7.83. The molecule has 2 rings (SSSR count). The van der Waals surface area contributed by atoms with E-state index >= 15 is 0 Å². The zero-order valence-electron chi connectivity index (χ0n) is 7.83. The Labute approximate surface area is 84.3 Å². The second-order valence-electron chi connectivity index (χ2n) is 3.05. The molecule has 4 nitrogen and oxygen atoms in total. The minimum Gasteiger partial charge on any atom is -0.395 e. The number of fused-ring (bicyclic) bond motifs is 1. The van der Waals surface area contributed by atoms with Gasteiger partial charge in [0.15, 0.2) is 11.5 Å². The maximum absolute atomic E-state index is 12.6. The van der Waals surface area contributed by atoms with Crippen molar-refractivity contribution < 1.29 is 18.3 Å². The van der Waals surface area contributed by atoms with Crippen molar-refractivity contribution in [1.29, 1.82) is 0 Å². The fourth-order valence-corrected chi connectivity index (χ4v) is 1.21. The number of ether oxygens (including phenoxy) is 2. The first-order chi connectivity index (χ1) is 6.96. The third-order valence-corrected chi connectivity index (χ3v) is 1.69. The molecule has 6 heteroatoms. The maximum atomic E-state index is 12.6. The van der Waals surface area contributed by atoms with Crippen LogP contribution in [0.1, 0.15) is 6.92 Å². The van der Waals surface area contributed by atoms with E-state index in [1.165, 1.54) is 18.2 Å². The van der Waals surface area contributed by atoms with E-state index in [0.717, 1.165) is 0 Å². The van der Waals surface area contributed by atoms with Crippen molar-refractivity contribution in [3.8, 4) is 11.5 Å². The summed E-state index contributed by atoms with van der Waals surface area (Å²) in [6.07, 6.45) is -3.59. The molecule has 80 valence electrons. The van der Waals surface area contributed by atoms with E-state index in [0.29, 0.717) is 11.5 Å². The van der Waals surface area contributed by atoms with Crippen molar-refractivity contribution in [3.63, 3.8) is 0 Å². The van der Waals surface area contributed by atoms with Crippen LogP contribution in [-0.4, -0.2) is 12.1 Å². The molecule has 0 bridgehead atoms. The maximum Gasteiger partial charge on any atom is 0.586 e. The van der Waals surface area contributed by atoms with Gasteiger partial charge >= 0.3 is 6.29 Å². The van der Waals surface area contributed by atoms with E-state index in [4.69, 9.17) is 5.73 Å². The van der Waals surface area contributed by atoms with Gasteiger partial charge in [-0.05, 0) is 19.1 Å². The van der Waals surface area contributed by atoms with E-state index in [1.54, 1.807) is 6.92 Å². The van der Waals surface area contributed by atoms with Crippen LogP contribution in [0.5, 0.6) is 11.5 Å². The molecule has 0 saturated heterocycles. The summed E-state index contributed by atoms with van der Waals surface area (Å²) in [4.78, 5) is 3.90. The molecule has 1 aliphatic heterocycles. The Kier molecular flexibility index (Phi) is 1.99. The van der Waals surface area contributed by atoms with Crippen molar-refractivity contribution in [3.05, 3.63) is 18.2 Å². The molecule has 0 saturated carbocycles. The number of hydrogen-bond acceptors (Lipinski definition) is 3. The number of halogens is 2. The molecule has 2 N–H and O–H groups in total. The number of nitrogens with zero attached hydrogens (tertiary/aromatic N) is 1. The highest BCUT2D eigenvalue weighted by atomic mass is 19.3. The van der Waals surface area contributed by atoms with Crippen LogP contribution < -0.4 is 15.2 Å². The first kappa shape index (κ1) is 9.70. The molecule has 0 aliphatic carbocycles. The standard InChI is InChI=1S/C9H8F2N2O2/c1-5(12)13-6-2-3-7-8(4-6)15-9(10,11)14-7/h2-4H,1H3,(H2,12,13). The van der Waals surface area contributed by atoms with Crippen LogP contribution in [0.3, 0.4) is 0 Å². The smallest absolute Gasteiger partial charge is 0.395 e. The van der Waals surface area contributed by atoms with Gasteiger partial charge in [-0.15, -0.1) is 8.78 Å². The van der Waals surface area contributed by atoms with E-state index in [1.807, 2.05) is 0 Å². The summed E-state index contributed by atoms with van der Waals surface area (Å²) in [6, 6.07) is 4.21. The minimum atomic E-state index is -3.59. The van der Waals surface area contributed by atoms with E-state index in [-0.39, 0.29) is 11.5 Å². The van der Waals surface area contributed by atoms with Crippen LogP contribution in [0, 0.1) is 0 Å². The topological polar surface area (TPSA) is 56.8 Å². The molecule has 1 aromatic rings. The number of amidine groups is 1. The Bertz CT molecular complexity index is 428. The van der Waals surface area contributed by atoms with Gasteiger partial charge in [-0.1, -0.05) is 0 Å². The van der Waals surface area contributed by atoms with Gasteiger partial charge in [0.2, 0.25) is 0 Å². The predicted molar refractivity (Wildman–Crippen MR) is 49.6 cm³/mol. The number of alkyl halides is 2. The van der Waals surface area contributed by atoms with Crippen LogP contribution in [0.25, 0.3) is 0 Å². The summed E-state index contributed by atoms with van der Waals surface area (Å²) >= 11 is 0. The minimum absolute atomic E-state index is 0.00590. The highest BCUT2D eigenvalue weighted by Gasteiger charge is 2.43. The van der Waals surface area contributed by atoms with Crippen LogP contribution in [0.4, 0.5) is 14.5 Å². The molecular weight excluding hydrogens is 206 g/mol. The lowest BCUT2D eigenvalue weighted by atomic mass is 10.3. The quantitative estimate of drug-likeness (QED) is 0.574. The summed E-state index contributed by atoms with van der Waals surface area (Å²) < 4.78 is 33.7. The average molecular weight is 214 g/mol. The second kappa shape index (κ2) is 3.08. The Morgan fingerprint density at radius 3 is 2.67 bits per heavy atom. The lowest BCUT2D eigenvalue weighted by Gasteiger charge is -2.04. The van der Waals surface area contributed by atoms with Crippen LogP contribution in [0.2, 0.25) is 0 Å². The Hall–Kier alpha value is -1.85. The van der Waals surface area contributed by atoms with Gasteiger partial charge in [0, 0.05) is 6.07 Å². The van der Waals surface area contributed by atoms with Crippen LogP contribution >= 0.6 is 0 Å². The van der Waals surface area contributed by atoms with Crippen LogP contribution in [-0.2, 0) is 0 Å². The van der Waals surface area contributed by atoms with Gasteiger partial charge in [-0.2, -0.15) is 0 Å². The third kappa shape index (κ3) is 1.98. The molecule has 1 aromatic carbocycles. The lowest BCUT2D eigenvalue weighted by Crippen LogP contribution is -2.25. The lowest BCUT2D eigenvalue weighted by molar-refractivity contribution is -0.286. The van der Waals surface area contributed by atoms with E-state index < -0.39 is 6.29 Å². The normalized spacial score (nSPS) is 17.9. The first-order valence-electron chi connectivity index (χ1n) is 4.17. The Morgan fingerprint density at radius 1 is 1.33 bits per heavy atom. The molecule has 0 atom stereocenters. The Morgan fingerprint density at radius 2 is 2.00 bits per heavy atom. The largest absolute Gasteiger partial charge is 0.586 e. The summed E-state index contributed by atoms with van der Waals surface area (Å²) in [6.45, 7) is 1.60. The highest BCUT2D eigenvalue weighted by Crippen LogP contribution is 2.42. The molecule has 1 aliphatic rings. The molecule has 0 radical (unpaired) electrons. The average Bonchev–Trinajstić information content (AvgIpc) is 2.36. The summed E-state index contributed by atoms with van der Waals surface area (Å²) in [5, 5.41) is 0. The van der Waals surface area contributed by atoms with Crippen LogP contribution in [0.15, 0.2) is 23.2 Å². The van der Waals surface area contributed by atoms with Gasteiger partial charge in [-0.25, -0.2) is 4.99 Å². The van der Waals surface area contributed by atoms with Gasteiger partial charge in [0.05, 0.1) is 11.5 Å². The molecule has 0 amide bonds. The number of nitrogens with two attached hydrogens (primary N) is 1. The SMILES string of the molecule is CC(N)=Nc1ccc2c(c1)OC(F)(F)O2. The number of aliphatic imine (C=N–C) groups is 1. The molecule has 0 aromatic heterocycles. The molecule has 0 fully saturated rings. The van der Waals surface area contributed by atoms with Crippen molar-refractivity contribution in [2.75, 3.05) is 0 Å². The van der Waals surface area contributed by atoms with Gasteiger partial charge in [0.1, 0.15) is 0 Å². The molecule has 15 heavy (non-hydrogen) atoms. The van der Waals surface area contributed by atoms with Crippen molar-refractivity contribution in [1.82, 2.24) is 0 Å². The second-order valence-corrected chi connectivity index (χ2v) is 3.05. The molecule has 0 spiro atoms. The summed E-state index contributed by atoms with van der Waals surface area (Å²) in [5.41, 5.74) is 5.79. The fourth-order valence-electron chi connectivity index (χ4n) is 1.21. The van der Waals surface area contributed by atoms with Gasteiger partial charge in [-0.3, -0.25) is 0 Å². The Balaban J connectivity index is 2.34. The van der Waals surface area contributed by atoms with Crippen molar-refractivity contribution in [2.24, 2.45) is 10.7 Å². The summed E-state index contributed by atoms with van der Waals surface area (Å²) in [7, 11) is 0.